The normalized spacial score (nSPS) is 16.4. The summed E-state index contributed by atoms with van der Waals surface area (Å²) in [6.45, 7) is 1.39. The number of nitrogens with zero attached hydrogens (tertiary/aromatic N) is 1. The lowest BCUT2D eigenvalue weighted by Gasteiger charge is -2.26. The van der Waals surface area contributed by atoms with Gasteiger partial charge in [-0.3, -0.25) is 19.3 Å². The molecule has 0 aliphatic carbocycles. The molecular weight excluding hydrogens is 476 g/mol. The van der Waals surface area contributed by atoms with Crippen molar-refractivity contribution in [1.82, 2.24) is 0 Å². The van der Waals surface area contributed by atoms with E-state index in [1.54, 1.807) is 66.7 Å². The molecule has 9 heteroatoms. The van der Waals surface area contributed by atoms with Crippen molar-refractivity contribution in [3.63, 3.8) is 0 Å². The maximum absolute atomic E-state index is 13.4. The van der Waals surface area contributed by atoms with Crippen LogP contribution in [0.25, 0.3) is 5.76 Å². The van der Waals surface area contributed by atoms with Gasteiger partial charge in [-0.25, -0.2) is 0 Å². The van der Waals surface area contributed by atoms with E-state index in [9.17, 15) is 19.5 Å². The van der Waals surface area contributed by atoms with Crippen LogP contribution in [0.4, 0.5) is 11.4 Å². The summed E-state index contributed by atoms with van der Waals surface area (Å²) in [6, 6.07) is 17.3. The summed E-state index contributed by atoms with van der Waals surface area (Å²) in [7, 11) is 4.40. The molecule has 1 atom stereocenters. The van der Waals surface area contributed by atoms with E-state index < -0.39 is 23.5 Å². The molecule has 190 valence electrons. The van der Waals surface area contributed by atoms with Gasteiger partial charge in [-0.2, -0.15) is 0 Å². The Morgan fingerprint density at radius 2 is 1.46 bits per heavy atom. The lowest BCUT2D eigenvalue weighted by Crippen LogP contribution is -2.29. The van der Waals surface area contributed by atoms with Gasteiger partial charge in [0.05, 0.1) is 32.9 Å². The number of Topliss-reactive ketones (excluding diaryl/α,β-unsaturated/α-hetero) is 1. The van der Waals surface area contributed by atoms with E-state index in [0.29, 0.717) is 22.7 Å². The molecule has 2 N–H and O–H groups in total. The van der Waals surface area contributed by atoms with E-state index in [2.05, 4.69) is 5.32 Å². The molecule has 3 aromatic rings. The molecule has 1 heterocycles. The van der Waals surface area contributed by atoms with Crippen LogP contribution in [0.2, 0.25) is 0 Å². The number of methoxy groups -OCH3 is 3. The Bertz CT molecular complexity index is 1360. The maximum atomic E-state index is 13.4. The zero-order valence-electron chi connectivity index (χ0n) is 20.8. The van der Waals surface area contributed by atoms with Crippen molar-refractivity contribution in [2.24, 2.45) is 0 Å². The predicted molar refractivity (Wildman–Crippen MR) is 138 cm³/mol. The second-order valence-corrected chi connectivity index (χ2v) is 8.21. The Balaban J connectivity index is 1.94. The van der Waals surface area contributed by atoms with Gasteiger partial charge in [-0.15, -0.1) is 0 Å². The Labute approximate surface area is 213 Å². The van der Waals surface area contributed by atoms with Gasteiger partial charge in [0, 0.05) is 18.3 Å². The molecule has 2 amide bonds. The monoisotopic (exact) mass is 502 g/mol. The summed E-state index contributed by atoms with van der Waals surface area (Å²) in [5.41, 5.74) is 1.55. The minimum absolute atomic E-state index is 0.121. The molecule has 1 fully saturated rings. The molecule has 9 nitrogen and oxygen atoms in total. The number of carbonyl (C=O) groups is 3. The first-order valence-electron chi connectivity index (χ1n) is 11.3. The second kappa shape index (κ2) is 10.4. The topological polar surface area (TPSA) is 114 Å². The third-order valence-corrected chi connectivity index (χ3v) is 6.01. The van der Waals surface area contributed by atoms with Crippen LogP contribution in [-0.4, -0.2) is 44.0 Å². The Morgan fingerprint density at radius 3 is 1.97 bits per heavy atom. The second-order valence-electron chi connectivity index (χ2n) is 8.21. The number of amides is 2. The Kier molecular flexibility index (Phi) is 7.15. The average molecular weight is 503 g/mol. The highest BCUT2D eigenvalue weighted by molar-refractivity contribution is 6.51. The molecule has 0 bridgehead atoms. The highest BCUT2D eigenvalue weighted by Crippen LogP contribution is 2.45. The van der Waals surface area contributed by atoms with Gasteiger partial charge in [0.1, 0.15) is 28.6 Å². The highest BCUT2D eigenvalue weighted by Gasteiger charge is 2.47. The number of hydrogen-bond donors (Lipinski definition) is 2. The average Bonchev–Trinajstić information content (AvgIpc) is 3.18. The molecule has 0 radical (unpaired) electrons. The van der Waals surface area contributed by atoms with Gasteiger partial charge < -0.3 is 24.6 Å². The quantitative estimate of drug-likeness (QED) is 0.281. The minimum Gasteiger partial charge on any atom is -0.506 e. The van der Waals surface area contributed by atoms with Crippen molar-refractivity contribution >= 4 is 34.7 Å². The number of rotatable bonds is 7. The summed E-state index contributed by atoms with van der Waals surface area (Å²) in [5.74, 6) is -1.21. The number of nitrogens with one attached hydrogen (secondary N) is 1. The molecule has 0 spiro atoms. The number of aliphatic hydroxyl groups excluding tert-OH is 1. The van der Waals surface area contributed by atoms with Crippen molar-refractivity contribution in [2.45, 2.75) is 13.0 Å². The molecule has 4 rings (SSSR count). The first-order valence-corrected chi connectivity index (χ1v) is 11.3. The lowest BCUT2D eigenvalue weighted by atomic mass is 9.94. The third kappa shape index (κ3) is 4.71. The van der Waals surface area contributed by atoms with Crippen molar-refractivity contribution in [3.05, 3.63) is 83.4 Å². The number of carbonyl (C=O) groups excluding carboxylic acids is 3. The summed E-state index contributed by atoms with van der Waals surface area (Å²) < 4.78 is 16.1. The van der Waals surface area contributed by atoms with Gasteiger partial charge in [-0.1, -0.05) is 18.2 Å². The number of benzene rings is 3. The molecule has 1 aliphatic rings. The fraction of sp³-hybridized carbons (Fsp3) is 0.179. The first kappa shape index (κ1) is 25.3. The van der Waals surface area contributed by atoms with Gasteiger partial charge in [0.15, 0.2) is 0 Å². The van der Waals surface area contributed by atoms with E-state index in [1.807, 2.05) is 0 Å². The van der Waals surface area contributed by atoms with E-state index in [-0.39, 0.29) is 28.5 Å². The molecule has 0 aromatic heterocycles. The van der Waals surface area contributed by atoms with E-state index >= 15 is 0 Å². The number of aliphatic hydroxyl groups is 1. The van der Waals surface area contributed by atoms with Gasteiger partial charge in [-0.05, 0) is 54.1 Å². The van der Waals surface area contributed by atoms with E-state index in [0.717, 1.165) is 0 Å². The SMILES string of the molecule is COc1ccc(C2/C(=C(\O)c3c(OC)cccc3OC)C(=O)C(=O)N2c2ccc(NC(C)=O)cc2)cc1. The van der Waals surface area contributed by atoms with Crippen LogP contribution >= 0.6 is 0 Å². The molecule has 0 saturated carbocycles. The fourth-order valence-electron chi connectivity index (χ4n) is 4.33. The van der Waals surface area contributed by atoms with Gasteiger partial charge in [0.25, 0.3) is 11.7 Å². The van der Waals surface area contributed by atoms with E-state index in [1.165, 1.54) is 33.2 Å². The van der Waals surface area contributed by atoms with Gasteiger partial charge in [0.2, 0.25) is 5.91 Å². The number of ketones is 1. The number of ether oxygens (including phenoxy) is 3. The zero-order valence-corrected chi connectivity index (χ0v) is 20.8. The third-order valence-electron chi connectivity index (χ3n) is 6.01. The molecule has 37 heavy (non-hydrogen) atoms. The summed E-state index contributed by atoms with van der Waals surface area (Å²) in [5, 5.41) is 14.2. The van der Waals surface area contributed by atoms with Crippen molar-refractivity contribution in [3.8, 4) is 17.2 Å². The zero-order chi connectivity index (χ0) is 26.7. The fourth-order valence-corrected chi connectivity index (χ4v) is 4.33. The molecular formula is C28H26N2O7. The van der Waals surface area contributed by atoms with Crippen molar-refractivity contribution in [1.29, 1.82) is 0 Å². The Morgan fingerprint density at radius 1 is 0.865 bits per heavy atom. The van der Waals surface area contributed by atoms with Crippen molar-refractivity contribution < 1.29 is 33.7 Å². The molecule has 1 unspecified atom stereocenters. The van der Waals surface area contributed by atoms with Crippen LogP contribution in [0.5, 0.6) is 17.2 Å². The number of hydrogen-bond acceptors (Lipinski definition) is 7. The van der Waals surface area contributed by atoms with Crippen molar-refractivity contribution in [2.75, 3.05) is 31.5 Å². The van der Waals surface area contributed by atoms with Crippen LogP contribution in [0.15, 0.2) is 72.3 Å². The number of anilines is 2. The molecule has 3 aromatic carbocycles. The summed E-state index contributed by atoms with van der Waals surface area (Å²) in [4.78, 5) is 39.6. The van der Waals surface area contributed by atoms with Crippen LogP contribution in [0.1, 0.15) is 24.1 Å². The molecule has 1 saturated heterocycles. The first-order chi connectivity index (χ1) is 17.8. The van der Waals surface area contributed by atoms with Crippen LogP contribution in [0.3, 0.4) is 0 Å². The molecule has 1 aliphatic heterocycles. The summed E-state index contributed by atoms with van der Waals surface area (Å²) in [6.07, 6.45) is 0. The predicted octanol–water partition coefficient (Wildman–Crippen LogP) is 4.30. The Hall–Kier alpha value is -4.79. The smallest absolute Gasteiger partial charge is 0.300 e. The largest absolute Gasteiger partial charge is 0.506 e. The van der Waals surface area contributed by atoms with Crippen LogP contribution < -0.4 is 24.4 Å². The lowest BCUT2D eigenvalue weighted by molar-refractivity contribution is -0.132. The summed E-state index contributed by atoms with van der Waals surface area (Å²) >= 11 is 0. The van der Waals surface area contributed by atoms with Crippen LogP contribution in [-0.2, 0) is 14.4 Å². The standard InChI is InChI=1S/C28H26N2O7/c1-16(31)29-18-10-12-19(13-11-18)30-25(17-8-14-20(35-2)15-9-17)24(27(33)28(30)34)26(32)23-21(36-3)6-5-7-22(23)37-4/h5-15,25,32H,1-4H3,(H,29,31)/b26-24+. The minimum atomic E-state index is -0.966. The van der Waals surface area contributed by atoms with Crippen LogP contribution in [0, 0.1) is 0 Å². The maximum Gasteiger partial charge on any atom is 0.300 e. The van der Waals surface area contributed by atoms with Gasteiger partial charge >= 0.3 is 0 Å². The highest BCUT2D eigenvalue weighted by atomic mass is 16.5. The van der Waals surface area contributed by atoms with E-state index in [4.69, 9.17) is 14.2 Å².